The zero-order valence-corrected chi connectivity index (χ0v) is 11.8. The number of nitrogens with two attached hydrogens (primary N) is 1. The van der Waals surface area contributed by atoms with Crippen molar-refractivity contribution in [2.45, 2.75) is 39.6 Å². The van der Waals surface area contributed by atoms with Crippen LogP contribution in [-0.4, -0.2) is 28.2 Å². The fourth-order valence-electron chi connectivity index (χ4n) is 2.06. The molecule has 3 nitrogen and oxygen atoms in total. The van der Waals surface area contributed by atoms with Gasteiger partial charge in [-0.1, -0.05) is 47.7 Å². The van der Waals surface area contributed by atoms with E-state index >= 15 is 0 Å². The summed E-state index contributed by atoms with van der Waals surface area (Å²) in [5.74, 6) is 0.667. The third-order valence-corrected chi connectivity index (χ3v) is 6.40. The van der Waals surface area contributed by atoms with E-state index in [0.717, 1.165) is 15.2 Å². The third kappa shape index (κ3) is 3.12. The van der Waals surface area contributed by atoms with E-state index in [4.69, 9.17) is 5.73 Å². The minimum absolute atomic E-state index is 0.654. The lowest BCUT2D eigenvalue weighted by Crippen LogP contribution is -2.28. The average molecular weight is 275 g/mol. The number of hydrogen-bond acceptors (Lipinski definition) is 6. The fraction of sp³-hybridized carbons (Fsp3) is 0.800. The first-order chi connectivity index (χ1) is 7.83. The highest BCUT2D eigenvalue weighted by atomic mass is 32.2. The molecule has 1 aliphatic carbocycles. The molecule has 16 heavy (non-hydrogen) atoms. The Hall–Kier alpha value is 0.220. The predicted molar refractivity (Wildman–Crippen MR) is 72.3 cm³/mol. The summed E-state index contributed by atoms with van der Waals surface area (Å²) in [5.41, 5.74) is 5.83. The first-order valence-corrected chi connectivity index (χ1v) is 8.49. The van der Waals surface area contributed by atoms with Crippen molar-refractivity contribution in [3.63, 3.8) is 0 Å². The van der Waals surface area contributed by atoms with Crippen LogP contribution in [0.4, 0.5) is 0 Å². The SMILES string of the molecule is CSc1nnc(SC2CCCCC2CN)s1. The molecule has 0 amide bonds. The van der Waals surface area contributed by atoms with Crippen molar-refractivity contribution in [1.29, 1.82) is 0 Å². The van der Waals surface area contributed by atoms with Gasteiger partial charge in [0, 0.05) is 5.25 Å². The molecule has 0 saturated heterocycles. The Bertz CT molecular complexity index is 329. The topological polar surface area (TPSA) is 51.8 Å². The first-order valence-electron chi connectivity index (χ1n) is 5.57. The number of thioether (sulfide) groups is 2. The van der Waals surface area contributed by atoms with E-state index in [9.17, 15) is 0 Å². The van der Waals surface area contributed by atoms with Gasteiger partial charge in [-0.05, 0) is 31.6 Å². The summed E-state index contributed by atoms with van der Waals surface area (Å²) in [6.07, 6.45) is 7.27. The second-order valence-electron chi connectivity index (χ2n) is 3.97. The molecule has 2 N–H and O–H groups in total. The second kappa shape index (κ2) is 6.23. The van der Waals surface area contributed by atoms with Gasteiger partial charge in [-0.2, -0.15) is 0 Å². The smallest absolute Gasteiger partial charge is 0.175 e. The lowest BCUT2D eigenvalue weighted by molar-refractivity contribution is 0.378. The third-order valence-electron chi connectivity index (χ3n) is 2.96. The second-order valence-corrected chi connectivity index (χ2v) is 7.49. The van der Waals surface area contributed by atoms with Gasteiger partial charge in [-0.3, -0.25) is 0 Å². The van der Waals surface area contributed by atoms with Crippen molar-refractivity contribution in [1.82, 2.24) is 10.2 Å². The lowest BCUT2D eigenvalue weighted by Gasteiger charge is -2.29. The summed E-state index contributed by atoms with van der Waals surface area (Å²) in [6.45, 7) is 0.811. The number of aromatic nitrogens is 2. The molecule has 1 aromatic rings. The highest BCUT2D eigenvalue weighted by molar-refractivity contribution is 8.03. The minimum Gasteiger partial charge on any atom is -0.330 e. The van der Waals surface area contributed by atoms with E-state index < -0.39 is 0 Å². The van der Waals surface area contributed by atoms with Gasteiger partial charge < -0.3 is 5.73 Å². The normalized spacial score (nSPS) is 25.9. The van der Waals surface area contributed by atoms with Gasteiger partial charge in [-0.15, -0.1) is 10.2 Å². The van der Waals surface area contributed by atoms with Gasteiger partial charge in [0.1, 0.15) is 0 Å². The van der Waals surface area contributed by atoms with Crippen LogP contribution in [0.1, 0.15) is 25.7 Å². The maximum Gasteiger partial charge on any atom is 0.175 e. The summed E-state index contributed by atoms with van der Waals surface area (Å²) < 4.78 is 2.16. The highest BCUT2D eigenvalue weighted by Crippen LogP contribution is 2.39. The van der Waals surface area contributed by atoms with Gasteiger partial charge in [-0.25, -0.2) is 0 Å². The molecule has 2 atom stereocenters. The van der Waals surface area contributed by atoms with Crippen molar-refractivity contribution < 1.29 is 0 Å². The van der Waals surface area contributed by atoms with E-state index in [2.05, 4.69) is 10.2 Å². The average Bonchev–Trinajstić information content (AvgIpc) is 2.77. The van der Waals surface area contributed by atoms with Crippen LogP contribution >= 0.6 is 34.9 Å². The largest absolute Gasteiger partial charge is 0.330 e. The Labute approximate surface area is 109 Å². The van der Waals surface area contributed by atoms with Crippen LogP contribution in [0.5, 0.6) is 0 Å². The van der Waals surface area contributed by atoms with Crippen LogP contribution in [0.3, 0.4) is 0 Å². The Balaban J connectivity index is 1.96. The summed E-state index contributed by atoms with van der Waals surface area (Å²) in [7, 11) is 0. The Morgan fingerprint density at radius 1 is 1.31 bits per heavy atom. The fourth-order valence-corrected chi connectivity index (χ4v) is 5.09. The van der Waals surface area contributed by atoms with E-state index in [1.807, 2.05) is 18.0 Å². The van der Waals surface area contributed by atoms with E-state index in [1.54, 1.807) is 23.1 Å². The highest BCUT2D eigenvalue weighted by Gasteiger charge is 2.25. The monoisotopic (exact) mass is 275 g/mol. The molecule has 90 valence electrons. The van der Waals surface area contributed by atoms with Crippen molar-refractivity contribution >= 4 is 34.9 Å². The van der Waals surface area contributed by atoms with Gasteiger partial charge in [0.2, 0.25) is 0 Å². The van der Waals surface area contributed by atoms with Crippen LogP contribution in [0.25, 0.3) is 0 Å². The van der Waals surface area contributed by atoms with E-state index in [-0.39, 0.29) is 0 Å². The molecule has 0 bridgehead atoms. The standard InChI is InChI=1S/C10H17N3S3/c1-14-9-12-13-10(16-9)15-8-5-3-2-4-7(8)6-11/h7-8H,2-6,11H2,1H3. The quantitative estimate of drug-likeness (QED) is 0.856. The lowest BCUT2D eigenvalue weighted by atomic mass is 9.89. The molecule has 1 heterocycles. The molecule has 2 unspecified atom stereocenters. The van der Waals surface area contributed by atoms with Gasteiger partial charge in [0.15, 0.2) is 8.68 Å². The maximum absolute atomic E-state index is 5.83. The minimum atomic E-state index is 0.654. The van der Waals surface area contributed by atoms with Crippen molar-refractivity contribution in [2.24, 2.45) is 11.7 Å². The number of hydrogen-bond donors (Lipinski definition) is 1. The number of rotatable bonds is 4. The summed E-state index contributed by atoms with van der Waals surface area (Å²) >= 11 is 5.25. The van der Waals surface area contributed by atoms with E-state index in [1.165, 1.54) is 25.7 Å². The molecular formula is C10H17N3S3. The molecule has 6 heteroatoms. The molecule has 0 aromatic carbocycles. The molecule has 0 aliphatic heterocycles. The van der Waals surface area contributed by atoms with Crippen LogP contribution < -0.4 is 5.73 Å². The summed E-state index contributed by atoms with van der Waals surface area (Å²) in [4.78, 5) is 0. The van der Waals surface area contributed by atoms with Crippen LogP contribution in [-0.2, 0) is 0 Å². The van der Waals surface area contributed by atoms with Gasteiger partial charge in [0.05, 0.1) is 0 Å². The number of nitrogens with zero attached hydrogens (tertiary/aromatic N) is 2. The van der Waals surface area contributed by atoms with Crippen LogP contribution in [0, 0.1) is 5.92 Å². The van der Waals surface area contributed by atoms with Crippen LogP contribution in [0.15, 0.2) is 8.68 Å². The van der Waals surface area contributed by atoms with Crippen LogP contribution in [0.2, 0.25) is 0 Å². The molecule has 1 aromatic heterocycles. The molecule has 1 fully saturated rings. The molecular weight excluding hydrogens is 258 g/mol. The van der Waals surface area contributed by atoms with E-state index in [0.29, 0.717) is 11.2 Å². The van der Waals surface area contributed by atoms with Crippen molar-refractivity contribution in [2.75, 3.05) is 12.8 Å². The molecule has 1 saturated carbocycles. The van der Waals surface area contributed by atoms with Gasteiger partial charge in [0.25, 0.3) is 0 Å². The summed E-state index contributed by atoms with van der Waals surface area (Å²) in [5, 5.41) is 9.00. The zero-order chi connectivity index (χ0) is 11.4. The summed E-state index contributed by atoms with van der Waals surface area (Å²) in [6, 6.07) is 0. The van der Waals surface area contributed by atoms with Crippen molar-refractivity contribution in [3.05, 3.63) is 0 Å². The van der Waals surface area contributed by atoms with Crippen molar-refractivity contribution in [3.8, 4) is 0 Å². The Kier molecular flexibility index (Phi) is 4.94. The zero-order valence-electron chi connectivity index (χ0n) is 9.39. The molecule has 0 spiro atoms. The molecule has 1 aliphatic rings. The molecule has 0 radical (unpaired) electrons. The Morgan fingerprint density at radius 2 is 2.06 bits per heavy atom. The predicted octanol–water partition coefficient (Wildman–Crippen LogP) is 2.87. The molecule has 2 rings (SSSR count). The maximum atomic E-state index is 5.83. The first kappa shape index (κ1) is 12.7. The Morgan fingerprint density at radius 3 is 2.75 bits per heavy atom. The van der Waals surface area contributed by atoms with Gasteiger partial charge >= 0.3 is 0 Å².